The fourth-order valence-corrected chi connectivity index (χ4v) is 2.82. The summed E-state index contributed by atoms with van der Waals surface area (Å²) in [5, 5.41) is 0. The lowest BCUT2D eigenvalue weighted by Gasteiger charge is -2.14. The van der Waals surface area contributed by atoms with Crippen molar-refractivity contribution in [2.45, 2.75) is 32.2 Å². The Balaban J connectivity index is 2.21. The van der Waals surface area contributed by atoms with Gasteiger partial charge in [0.1, 0.15) is 5.75 Å². The van der Waals surface area contributed by atoms with E-state index in [4.69, 9.17) is 5.73 Å². The van der Waals surface area contributed by atoms with Crippen LogP contribution in [0.3, 0.4) is 0 Å². The Bertz CT molecular complexity index is 238. The summed E-state index contributed by atoms with van der Waals surface area (Å²) >= 11 is 0. The van der Waals surface area contributed by atoms with E-state index < -0.39 is 10.8 Å². The molecule has 0 bridgehead atoms. The second-order valence-corrected chi connectivity index (χ2v) is 5.72. The van der Waals surface area contributed by atoms with E-state index in [9.17, 15) is 9.00 Å². The summed E-state index contributed by atoms with van der Waals surface area (Å²) in [6.45, 7) is 3.56. The van der Waals surface area contributed by atoms with Gasteiger partial charge in [-0.05, 0) is 26.2 Å². The first kappa shape index (κ1) is 12.6. The maximum absolute atomic E-state index is 11.6. The standard InChI is InChI=1S/C10H20N2O2S/c1-9(11)4-7-15(14)8-10(13)12-5-2-3-6-12/h9H,2-8,11H2,1H3. The molecule has 0 saturated carbocycles. The molecule has 1 aliphatic heterocycles. The van der Waals surface area contributed by atoms with Gasteiger partial charge in [0.2, 0.25) is 5.91 Å². The summed E-state index contributed by atoms with van der Waals surface area (Å²) in [5.41, 5.74) is 5.56. The van der Waals surface area contributed by atoms with E-state index in [2.05, 4.69) is 0 Å². The fourth-order valence-electron chi connectivity index (χ4n) is 1.59. The van der Waals surface area contributed by atoms with Crippen molar-refractivity contribution in [3.8, 4) is 0 Å². The Hall–Kier alpha value is -0.420. The molecule has 2 N–H and O–H groups in total. The number of nitrogens with zero attached hydrogens (tertiary/aromatic N) is 1. The molecular weight excluding hydrogens is 212 g/mol. The summed E-state index contributed by atoms with van der Waals surface area (Å²) in [6, 6.07) is 0.0656. The predicted molar refractivity (Wildman–Crippen MR) is 62.0 cm³/mol. The van der Waals surface area contributed by atoms with Crippen LogP contribution in [0.2, 0.25) is 0 Å². The van der Waals surface area contributed by atoms with Gasteiger partial charge in [-0.3, -0.25) is 9.00 Å². The van der Waals surface area contributed by atoms with Gasteiger partial charge in [0, 0.05) is 35.7 Å². The third-order valence-electron chi connectivity index (χ3n) is 2.54. The van der Waals surface area contributed by atoms with E-state index >= 15 is 0 Å². The van der Waals surface area contributed by atoms with Gasteiger partial charge >= 0.3 is 0 Å². The van der Waals surface area contributed by atoms with Gasteiger partial charge < -0.3 is 10.6 Å². The van der Waals surface area contributed by atoms with Gasteiger partial charge in [-0.25, -0.2) is 0 Å². The average Bonchev–Trinajstić information content (AvgIpc) is 2.67. The van der Waals surface area contributed by atoms with Gasteiger partial charge in [0.05, 0.1) is 0 Å². The Kier molecular flexibility index (Phi) is 5.25. The number of hydrogen-bond acceptors (Lipinski definition) is 3. The van der Waals surface area contributed by atoms with Crippen LogP contribution in [0.15, 0.2) is 0 Å². The number of hydrogen-bond donors (Lipinski definition) is 1. The Labute approximate surface area is 93.7 Å². The third kappa shape index (κ3) is 4.75. The van der Waals surface area contributed by atoms with Crippen molar-refractivity contribution in [1.82, 2.24) is 4.90 Å². The SMILES string of the molecule is CC(N)CCS(=O)CC(=O)N1CCCC1. The van der Waals surface area contributed by atoms with Crippen LogP contribution in [-0.4, -0.2) is 45.7 Å². The second kappa shape index (κ2) is 6.23. The highest BCUT2D eigenvalue weighted by Crippen LogP contribution is 2.08. The van der Waals surface area contributed by atoms with Crippen LogP contribution in [0.1, 0.15) is 26.2 Å². The van der Waals surface area contributed by atoms with E-state index in [1.807, 2.05) is 11.8 Å². The fraction of sp³-hybridized carbons (Fsp3) is 0.900. The first-order valence-corrected chi connectivity index (χ1v) is 6.96. The number of carbonyl (C=O) groups is 1. The van der Waals surface area contributed by atoms with Crippen LogP contribution >= 0.6 is 0 Å². The monoisotopic (exact) mass is 232 g/mol. The molecule has 0 aromatic heterocycles. The molecule has 5 heteroatoms. The smallest absolute Gasteiger partial charge is 0.235 e. The van der Waals surface area contributed by atoms with E-state index in [1.165, 1.54) is 0 Å². The number of amides is 1. The van der Waals surface area contributed by atoms with Crippen LogP contribution in [0, 0.1) is 0 Å². The first-order chi connectivity index (χ1) is 7.09. The molecule has 0 spiro atoms. The highest BCUT2D eigenvalue weighted by Gasteiger charge is 2.19. The number of likely N-dealkylation sites (tertiary alicyclic amines) is 1. The van der Waals surface area contributed by atoms with Gasteiger partial charge in [-0.1, -0.05) is 0 Å². The van der Waals surface area contributed by atoms with Crippen molar-refractivity contribution >= 4 is 16.7 Å². The van der Waals surface area contributed by atoms with E-state index in [0.717, 1.165) is 32.4 Å². The maximum atomic E-state index is 11.6. The Morgan fingerprint density at radius 1 is 1.47 bits per heavy atom. The maximum Gasteiger partial charge on any atom is 0.235 e. The molecule has 1 rings (SSSR count). The highest BCUT2D eigenvalue weighted by atomic mass is 32.2. The molecule has 2 unspecified atom stereocenters. The zero-order chi connectivity index (χ0) is 11.3. The third-order valence-corrected chi connectivity index (χ3v) is 3.80. The molecule has 1 aliphatic rings. The van der Waals surface area contributed by atoms with Crippen LogP contribution in [0.4, 0.5) is 0 Å². The number of rotatable bonds is 5. The molecule has 88 valence electrons. The highest BCUT2D eigenvalue weighted by molar-refractivity contribution is 7.85. The molecule has 1 heterocycles. The molecule has 2 atom stereocenters. The summed E-state index contributed by atoms with van der Waals surface area (Å²) in [5.74, 6) is 0.750. The summed E-state index contributed by atoms with van der Waals surface area (Å²) < 4.78 is 11.5. The van der Waals surface area contributed by atoms with Crippen LogP contribution in [0.5, 0.6) is 0 Å². The molecule has 1 amide bonds. The zero-order valence-electron chi connectivity index (χ0n) is 9.28. The summed E-state index contributed by atoms with van der Waals surface area (Å²) in [6.07, 6.45) is 2.89. The molecule has 0 aliphatic carbocycles. The molecule has 1 saturated heterocycles. The minimum absolute atomic E-state index is 0.0375. The number of carbonyl (C=O) groups excluding carboxylic acids is 1. The second-order valence-electron chi connectivity index (χ2n) is 4.14. The number of nitrogens with two attached hydrogens (primary N) is 1. The molecule has 1 fully saturated rings. The van der Waals surface area contributed by atoms with Gasteiger partial charge in [0.25, 0.3) is 0 Å². The molecular formula is C10H20N2O2S. The lowest BCUT2D eigenvalue weighted by atomic mass is 10.3. The lowest BCUT2D eigenvalue weighted by Crippen LogP contribution is -2.32. The Morgan fingerprint density at radius 2 is 2.07 bits per heavy atom. The van der Waals surface area contributed by atoms with Crippen molar-refractivity contribution in [3.05, 3.63) is 0 Å². The summed E-state index contributed by atoms with van der Waals surface area (Å²) in [4.78, 5) is 13.4. The summed E-state index contributed by atoms with van der Waals surface area (Å²) in [7, 11) is -1.04. The normalized spacial score (nSPS) is 20.3. The van der Waals surface area contributed by atoms with Crippen molar-refractivity contribution < 1.29 is 9.00 Å². The minimum atomic E-state index is -1.04. The molecule has 15 heavy (non-hydrogen) atoms. The molecule has 4 nitrogen and oxygen atoms in total. The van der Waals surface area contributed by atoms with Gasteiger partial charge in [-0.2, -0.15) is 0 Å². The van der Waals surface area contributed by atoms with Crippen molar-refractivity contribution in [2.75, 3.05) is 24.6 Å². The lowest BCUT2D eigenvalue weighted by molar-refractivity contribution is -0.127. The van der Waals surface area contributed by atoms with Gasteiger partial charge in [0.15, 0.2) is 0 Å². The van der Waals surface area contributed by atoms with Crippen molar-refractivity contribution in [2.24, 2.45) is 5.73 Å². The van der Waals surface area contributed by atoms with Crippen molar-refractivity contribution in [3.63, 3.8) is 0 Å². The Morgan fingerprint density at radius 3 is 2.60 bits per heavy atom. The first-order valence-electron chi connectivity index (χ1n) is 5.48. The topological polar surface area (TPSA) is 63.4 Å². The largest absolute Gasteiger partial charge is 0.342 e. The average molecular weight is 232 g/mol. The quantitative estimate of drug-likeness (QED) is 0.731. The van der Waals surface area contributed by atoms with Crippen LogP contribution in [-0.2, 0) is 15.6 Å². The molecule has 0 aromatic carbocycles. The van der Waals surface area contributed by atoms with E-state index in [0.29, 0.717) is 5.75 Å². The molecule has 0 aromatic rings. The zero-order valence-corrected chi connectivity index (χ0v) is 10.1. The van der Waals surface area contributed by atoms with Crippen molar-refractivity contribution in [1.29, 1.82) is 0 Å². The van der Waals surface area contributed by atoms with Crippen LogP contribution in [0.25, 0.3) is 0 Å². The van der Waals surface area contributed by atoms with E-state index in [-0.39, 0.29) is 17.7 Å². The molecule has 0 radical (unpaired) electrons. The van der Waals surface area contributed by atoms with E-state index in [1.54, 1.807) is 0 Å². The van der Waals surface area contributed by atoms with Gasteiger partial charge in [-0.15, -0.1) is 0 Å². The predicted octanol–water partition coefficient (Wildman–Crippen LogP) is 0.0948. The minimum Gasteiger partial charge on any atom is -0.342 e. The van der Waals surface area contributed by atoms with Crippen LogP contribution < -0.4 is 5.73 Å².